The summed E-state index contributed by atoms with van der Waals surface area (Å²) in [5.41, 5.74) is 0. The summed E-state index contributed by atoms with van der Waals surface area (Å²) in [6.45, 7) is 3.39. The average Bonchev–Trinajstić information content (AvgIpc) is 3.11. The number of methoxy groups -OCH3 is 1. The van der Waals surface area contributed by atoms with Crippen molar-refractivity contribution in [2.75, 3.05) is 59.8 Å². The van der Waals surface area contributed by atoms with E-state index in [4.69, 9.17) is 9.47 Å². The lowest BCUT2D eigenvalue weighted by molar-refractivity contribution is 0.0216. The lowest BCUT2D eigenvalue weighted by atomic mass is 10.2. The van der Waals surface area contributed by atoms with Crippen LogP contribution in [0.5, 0.6) is 0 Å². The van der Waals surface area contributed by atoms with E-state index in [0.717, 1.165) is 19.5 Å². The molecular formula is C16H30F2N2O3. The predicted octanol–water partition coefficient (Wildman–Crippen LogP) is 0.857. The summed E-state index contributed by atoms with van der Waals surface area (Å²) in [4.78, 5) is 4.19. The van der Waals surface area contributed by atoms with Gasteiger partial charge in [0.15, 0.2) is 0 Å². The maximum Gasteiger partial charge on any atom is 0.114 e. The quantitative estimate of drug-likeness (QED) is 0.641. The summed E-state index contributed by atoms with van der Waals surface area (Å²) in [6.07, 6.45) is 0.928. The first-order valence-corrected chi connectivity index (χ1v) is 8.57. The fraction of sp³-hybridized carbons (Fsp3) is 1.00. The van der Waals surface area contributed by atoms with Crippen molar-refractivity contribution in [3.05, 3.63) is 0 Å². The summed E-state index contributed by atoms with van der Waals surface area (Å²) in [7, 11) is 1.66. The molecule has 4 unspecified atom stereocenters. The third kappa shape index (κ3) is 5.60. The van der Waals surface area contributed by atoms with Gasteiger partial charge in [-0.1, -0.05) is 0 Å². The van der Waals surface area contributed by atoms with Gasteiger partial charge in [-0.15, -0.1) is 0 Å². The highest BCUT2D eigenvalue weighted by Crippen LogP contribution is 2.24. The van der Waals surface area contributed by atoms with Gasteiger partial charge in [0.2, 0.25) is 0 Å². The molecule has 7 heteroatoms. The standard InChI is InChI=1S/C16H30F2N2O3/c1-22-6-5-20-10-16(8-14(20)11-21)23-12-15-7-13(18)9-19(15)4-2-3-17/h13-16,21H,2-12H2,1H3. The van der Waals surface area contributed by atoms with E-state index in [2.05, 4.69) is 4.90 Å². The van der Waals surface area contributed by atoms with Crippen LogP contribution in [0.3, 0.4) is 0 Å². The van der Waals surface area contributed by atoms with Gasteiger partial charge in [-0.2, -0.15) is 0 Å². The van der Waals surface area contributed by atoms with Crippen molar-refractivity contribution in [2.24, 2.45) is 0 Å². The molecule has 4 atom stereocenters. The first-order valence-electron chi connectivity index (χ1n) is 8.57. The van der Waals surface area contributed by atoms with Crippen LogP contribution in [0, 0.1) is 0 Å². The Balaban J connectivity index is 1.76. The molecular weight excluding hydrogens is 306 g/mol. The van der Waals surface area contributed by atoms with E-state index in [1.54, 1.807) is 7.11 Å². The highest BCUT2D eigenvalue weighted by molar-refractivity contribution is 4.88. The fourth-order valence-corrected chi connectivity index (χ4v) is 3.61. The number of ether oxygens (including phenoxy) is 2. The van der Waals surface area contributed by atoms with Gasteiger partial charge in [0.25, 0.3) is 0 Å². The minimum Gasteiger partial charge on any atom is -0.395 e. The van der Waals surface area contributed by atoms with Gasteiger partial charge in [0.1, 0.15) is 6.17 Å². The number of aliphatic hydroxyl groups excluding tert-OH is 1. The molecule has 0 saturated carbocycles. The molecule has 2 aliphatic heterocycles. The molecule has 2 fully saturated rings. The van der Waals surface area contributed by atoms with Crippen LogP contribution < -0.4 is 0 Å². The molecule has 2 aliphatic rings. The minimum absolute atomic E-state index is 0.0390. The summed E-state index contributed by atoms with van der Waals surface area (Å²) < 4.78 is 37.0. The Kier molecular flexibility index (Phi) is 8.12. The molecule has 0 spiro atoms. The van der Waals surface area contributed by atoms with Crippen molar-refractivity contribution in [1.82, 2.24) is 9.80 Å². The summed E-state index contributed by atoms with van der Waals surface area (Å²) in [5, 5.41) is 9.48. The van der Waals surface area contributed by atoms with Crippen molar-refractivity contribution >= 4 is 0 Å². The maximum atomic E-state index is 13.6. The number of rotatable bonds is 10. The molecule has 136 valence electrons. The zero-order valence-corrected chi connectivity index (χ0v) is 14.0. The molecule has 0 radical (unpaired) electrons. The molecule has 1 N–H and O–H groups in total. The highest BCUT2D eigenvalue weighted by Gasteiger charge is 2.35. The van der Waals surface area contributed by atoms with Crippen LogP contribution in [-0.4, -0.2) is 99.0 Å². The lowest BCUT2D eigenvalue weighted by Crippen LogP contribution is -2.36. The second-order valence-electron chi connectivity index (χ2n) is 6.54. The lowest BCUT2D eigenvalue weighted by Gasteiger charge is -2.25. The van der Waals surface area contributed by atoms with E-state index < -0.39 is 6.17 Å². The SMILES string of the molecule is COCCN1CC(OCC2CC(F)CN2CCCF)CC1CO. The zero-order chi connectivity index (χ0) is 16.7. The van der Waals surface area contributed by atoms with E-state index in [1.165, 1.54) is 0 Å². The van der Waals surface area contributed by atoms with E-state index in [1.807, 2.05) is 4.90 Å². The normalized spacial score (nSPS) is 32.9. The Labute approximate surface area is 137 Å². The van der Waals surface area contributed by atoms with Crippen LogP contribution in [0.2, 0.25) is 0 Å². The van der Waals surface area contributed by atoms with Crippen molar-refractivity contribution in [1.29, 1.82) is 0 Å². The first-order chi connectivity index (χ1) is 11.2. The first kappa shape index (κ1) is 19.0. The highest BCUT2D eigenvalue weighted by atomic mass is 19.1. The fourth-order valence-electron chi connectivity index (χ4n) is 3.61. The summed E-state index contributed by atoms with van der Waals surface area (Å²) >= 11 is 0. The molecule has 5 nitrogen and oxygen atoms in total. The Morgan fingerprint density at radius 2 is 1.91 bits per heavy atom. The predicted molar refractivity (Wildman–Crippen MR) is 84.1 cm³/mol. The Morgan fingerprint density at radius 1 is 1.13 bits per heavy atom. The van der Waals surface area contributed by atoms with Crippen molar-refractivity contribution in [2.45, 2.75) is 43.6 Å². The van der Waals surface area contributed by atoms with Gasteiger partial charge < -0.3 is 14.6 Å². The molecule has 0 aromatic rings. The number of likely N-dealkylation sites (tertiary alicyclic amines) is 2. The topological polar surface area (TPSA) is 45.2 Å². The molecule has 0 aromatic carbocycles. The van der Waals surface area contributed by atoms with Crippen LogP contribution in [0.25, 0.3) is 0 Å². The number of nitrogens with zero attached hydrogens (tertiary/aromatic N) is 2. The zero-order valence-electron chi connectivity index (χ0n) is 14.0. The van der Waals surface area contributed by atoms with Crippen molar-refractivity contribution in [3.63, 3.8) is 0 Å². The van der Waals surface area contributed by atoms with Gasteiger partial charge in [-0.05, 0) is 19.3 Å². The Bertz CT molecular complexity index is 338. The second-order valence-corrected chi connectivity index (χ2v) is 6.54. The van der Waals surface area contributed by atoms with Crippen LogP contribution in [0.15, 0.2) is 0 Å². The van der Waals surface area contributed by atoms with Gasteiger partial charge in [-0.3, -0.25) is 14.2 Å². The molecule has 2 rings (SSSR count). The number of hydrogen-bond acceptors (Lipinski definition) is 5. The van der Waals surface area contributed by atoms with Crippen LogP contribution >= 0.6 is 0 Å². The van der Waals surface area contributed by atoms with Gasteiger partial charge in [-0.25, -0.2) is 4.39 Å². The number of aliphatic hydroxyl groups is 1. The van der Waals surface area contributed by atoms with Gasteiger partial charge in [0.05, 0.1) is 32.6 Å². The smallest absolute Gasteiger partial charge is 0.114 e. The molecule has 2 saturated heterocycles. The molecule has 23 heavy (non-hydrogen) atoms. The number of halogens is 2. The van der Waals surface area contributed by atoms with E-state index in [9.17, 15) is 13.9 Å². The molecule has 0 amide bonds. The summed E-state index contributed by atoms with van der Waals surface area (Å²) in [6, 6.07) is 0.146. The third-order valence-electron chi connectivity index (χ3n) is 4.86. The van der Waals surface area contributed by atoms with Crippen molar-refractivity contribution in [3.8, 4) is 0 Å². The van der Waals surface area contributed by atoms with Crippen LogP contribution in [0.4, 0.5) is 8.78 Å². The monoisotopic (exact) mass is 336 g/mol. The number of alkyl halides is 2. The van der Waals surface area contributed by atoms with Crippen LogP contribution in [0.1, 0.15) is 19.3 Å². The largest absolute Gasteiger partial charge is 0.395 e. The molecule has 0 bridgehead atoms. The van der Waals surface area contributed by atoms with E-state index in [0.29, 0.717) is 39.1 Å². The molecule has 0 aromatic heterocycles. The Morgan fingerprint density at radius 3 is 2.61 bits per heavy atom. The minimum atomic E-state index is -0.838. The average molecular weight is 336 g/mol. The van der Waals surface area contributed by atoms with Crippen molar-refractivity contribution < 1.29 is 23.4 Å². The van der Waals surface area contributed by atoms with Gasteiger partial charge >= 0.3 is 0 Å². The Hall–Kier alpha value is -0.340. The van der Waals surface area contributed by atoms with Crippen LogP contribution in [-0.2, 0) is 9.47 Å². The maximum absolute atomic E-state index is 13.6. The number of hydrogen-bond donors (Lipinski definition) is 1. The second kappa shape index (κ2) is 9.84. The van der Waals surface area contributed by atoms with Gasteiger partial charge in [0, 0.05) is 45.4 Å². The third-order valence-corrected chi connectivity index (χ3v) is 4.86. The van der Waals surface area contributed by atoms with E-state index >= 15 is 0 Å². The summed E-state index contributed by atoms with van der Waals surface area (Å²) in [5.74, 6) is 0. The molecule has 2 heterocycles. The van der Waals surface area contributed by atoms with E-state index in [-0.39, 0.29) is 31.5 Å². The molecule has 0 aliphatic carbocycles.